The van der Waals surface area contributed by atoms with Gasteiger partial charge in [0.25, 0.3) is 0 Å². The van der Waals surface area contributed by atoms with Gasteiger partial charge < -0.3 is 22.5 Å². The van der Waals surface area contributed by atoms with E-state index in [-0.39, 0.29) is 12.4 Å². The summed E-state index contributed by atoms with van der Waals surface area (Å²) >= 11 is 3.51. The Labute approximate surface area is 197 Å². The number of thiazole rings is 1. The summed E-state index contributed by atoms with van der Waals surface area (Å²) in [5.74, 6) is 0.810. The first-order valence-corrected chi connectivity index (χ1v) is 11.3. The lowest BCUT2D eigenvalue weighted by molar-refractivity contribution is -0.691. The van der Waals surface area contributed by atoms with Crippen LogP contribution in [0.1, 0.15) is 0 Å². The van der Waals surface area contributed by atoms with E-state index in [1.165, 1.54) is 14.8 Å². The maximum Gasteiger partial charge on any atom is 0.304 e. The third-order valence-electron chi connectivity index (χ3n) is 4.50. The van der Waals surface area contributed by atoms with Gasteiger partial charge in [-0.15, -0.1) is 0 Å². The van der Waals surface area contributed by atoms with Crippen LogP contribution in [0.15, 0.2) is 107 Å². The zero-order valence-corrected chi connectivity index (χ0v) is 19.5. The first kappa shape index (κ1) is 22.9. The van der Waals surface area contributed by atoms with Crippen LogP contribution in [0.2, 0.25) is 0 Å². The van der Waals surface area contributed by atoms with Gasteiger partial charge in [-0.25, -0.2) is 0 Å². The minimum atomic E-state index is 0. The van der Waals surface area contributed by atoms with Crippen LogP contribution in [0, 0.1) is 0 Å². The lowest BCUT2D eigenvalue weighted by Crippen LogP contribution is -3.00. The van der Waals surface area contributed by atoms with Crippen molar-refractivity contribution < 1.29 is 21.7 Å². The minimum Gasteiger partial charge on any atom is -1.00 e. The Balaban J connectivity index is 0.00000272. The first-order valence-electron chi connectivity index (χ1n) is 9.67. The number of nitrogens with one attached hydrogen (secondary N) is 1. The van der Waals surface area contributed by atoms with Gasteiger partial charge in [-0.05, 0) is 59.5 Å². The zero-order chi connectivity index (χ0) is 20.8. The van der Waals surface area contributed by atoms with Crippen LogP contribution in [0.5, 0.6) is 5.75 Å². The van der Waals surface area contributed by atoms with E-state index < -0.39 is 0 Å². The van der Waals surface area contributed by atoms with E-state index in [1.807, 2.05) is 36.4 Å². The van der Waals surface area contributed by atoms with Crippen molar-refractivity contribution in [3.8, 4) is 17.0 Å². The Kier molecular flexibility index (Phi) is 8.18. The van der Waals surface area contributed by atoms with Crippen molar-refractivity contribution in [2.24, 2.45) is 7.05 Å². The number of ether oxygens (including phenoxy) is 1. The minimum absolute atomic E-state index is 0. The molecule has 3 nitrogen and oxygen atoms in total. The molecule has 0 spiro atoms. The molecule has 158 valence electrons. The monoisotopic (exact) mass is 466 g/mol. The summed E-state index contributed by atoms with van der Waals surface area (Å²) in [5, 5.41) is 4.70. The highest BCUT2D eigenvalue weighted by Crippen LogP contribution is 2.41. The van der Waals surface area contributed by atoms with Gasteiger partial charge in [0.15, 0.2) is 5.00 Å². The average Bonchev–Trinajstić information content (AvgIpc) is 3.09. The number of anilines is 2. The van der Waals surface area contributed by atoms with Gasteiger partial charge in [0.2, 0.25) is 5.69 Å². The molecule has 4 aromatic rings. The van der Waals surface area contributed by atoms with Crippen molar-refractivity contribution in [3.63, 3.8) is 0 Å². The van der Waals surface area contributed by atoms with Crippen LogP contribution >= 0.6 is 23.1 Å². The molecule has 3 aromatic carbocycles. The predicted molar refractivity (Wildman–Crippen MR) is 127 cm³/mol. The van der Waals surface area contributed by atoms with E-state index in [2.05, 4.69) is 72.0 Å². The van der Waals surface area contributed by atoms with Crippen molar-refractivity contribution in [2.75, 3.05) is 11.9 Å². The van der Waals surface area contributed by atoms with Gasteiger partial charge >= 0.3 is 4.34 Å². The van der Waals surface area contributed by atoms with Gasteiger partial charge in [-0.3, -0.25) is 0 Å². The van der Waals surface area contributed by atoms with E-state index in [4.69, 9.17) is 4.74 Å². The zero-order valence-electron chi connectivity index (χ0n) is 17.1. The highest BCUT2D eigenvalue weighted by molar-refractivity contribution is 8.01. The summed E-state index contributed by atoms with van der Waals surface area (Å²) in [5.41, 5.74) is 3.26. The summed E-state index contributed by atoms with van der Waals surface area (Å²) < 4.78 is 9.31. The van der Waals surface area contributed by atoms with Crippen LogP contribution < -0.4 is 27.0 Å². The molecule has 1 N–H and O–H groups in total. The molecule has 0 aliphatic rings. The normalized spacial score (nSPS) is 10.2. The Morgan fingerprint density at radius 1 is 0.968 bits per heavy atom. The van der Waals surface area contributed by atoms with Crippen molar-refractivity contribution in [1.29, 1.82) is 0 Å². The van der Waals surface area contributed by atoms with Crippen molar-refractivity contribution in [3.05, 3.63) is 97.6 Å². The lowest BCUT2D eigenvalue weighted by Gasteiger charge is -2.11. The van der Waals surface area contributed by atoms with Gasteiger partial charge in [-0.2, -0.15) is 4.57 Å². The maximum atomic E-state index is 5.85. The summed E-state index contributed by atoms with van der Waals surface area (Å²) in [4.78, 5) is 1.22. The second-order valence-corrected chi connectivity index (χ2v) is 8.93. The molecule has 0 aliphatic carbocycles. The quantitative estimate of drug-likeness (QED) is 0.316. The van der Waals surface area contributed by atoms with E-state index >= 15 is 0 Å². The molecule has 31 heavy (non-hydrogen) atoms. The van der Waals surface area contributed by atoms with E-state index in [9.17, 15) is 0 Å². The lowest BCUT2D eigenvalue weighted by atomic mass is 10.1. The largest absolute Gasteiger partial charge is 1.00 e. The number of para-hydroxylation sites is 2. The number of halogens is 1. The van der Waals surface area contributed by atoms with Gasteiger partial charge in [-0.1, -0.05) is 61.2 Å². The topological polar surface area (TPSA) is 25.1 Å². The molecular weight excluding hydrogens is 444 g/mol. The SMILES string of the molecule is C=CCOc1ccccc1Nc1sc(Sc2ccccc2)[n+](C)c1-c1ccccc1.[Cl-]. The Hall–Kier alpha value is -2.73. The molecule has 0 saturated carbocycles. The molecule has 1 aromatic heterocycles. The van der Waals surface area contributed by atoms with Crippen molar-refractivity contribution >= 4 is 33.8 Å². The third-order valence-corrected chi connectivity index (χ3v) is 6.91. The number of benzene rings is 3. The summed E-state index contributed by atoms with van der Waals surface area (Å²) in [6, 6.07) is 28.9. The second kappa shape index (κ2) is 11.0. The standard InChI is InChI=1S/C25H23N2OS2.ClH/c1-3-18-28-22-17-11-10-16-21(22)26-24-23(19-12-6-4-7-13-19)27(2)25(30-24)29-20-14-8-5-9-15-20;/h3-17,26H,1,18H2,2H3;1H/q+1;/p-1. The molecule has 0 amide bonds. The molecule has 1 heterocycles. The summed E-state index contributed by atoms with van der Waals surface area (Å²) in [6.45, 7) is 4.22. The van der Waals surface area contributed by atoms with Crippen molar-refractivity contribution in [1.82, 2.24) is 0 Å². The first-order chi connectivity index (χ1) is 14.8. The molecule has 0 bridgehead atoms. The molecule has 0 unspecified atom stereocenters. The smallest absolute Gasteiger partial charge is 0.304 e. The van der Waals surface area contributed by atoms with Crippen LogP contribution in [0.4, 0.5) is 10.7 Å². The second-order valence-electron chi connectivity index (χ2n) is 6.61. The van der Waals surface area contributed by atoms with Gasteiger partial charge in [0.05, 0.1) is 5.69 Å². The predicted octanol–water partition coefficient (Wildman–Crippen LogP) is 3.70. The Morgan fingerprint density at radius 3 is 2.32 bits per heavy atom. The average molecular weight is 467 g/mol. The fourth-order valence-electron chi connectivity index (χ4n) is 3.10. The summed E-state index contributed by atoms with van der Waals surface area (Å²) in [6.07, 6.45) is 1.76. The van der Waals surface area contributed by atoms with Crippen LogP contribution in [-0.2, 0) is 7.05 Å². The van der Waals surface area contributed by atoms with Gasteiger partial charge in [0, 0.05) is 10.5 Å². The van der Waals surface area contributed by atoms with Crippen molar-refractivity contribution in [2.45, 2.75) is 9.24 Å². The molecule has 4 rings (SSSR count). The van der Waals surface area contributed by atoms with E-state index in [0.29, 0.717) is 6.61 Å². The number of nitrogens with zero attached hydrogens (tertiary/aromatic N) is 1. The van der Waals surface area contributed by atoms with Crippen LogP contribution in [-0.4, -0.2) is 6.61 Å². The molecule has 0 saturated heterocycles. The highest BCUT2D eigenvalue weighted by Gasteiger charge is 2.26. The Bertz CT molecular complexity index is 1130. The molecule has 0 fully saturated rings. The van der Waals surface area contributed by atoms with Crippen LogP contribution in [0.25, 0.3) is 11.3 Å². The number of hydrogen-bond donors (Lipinski definition) is 1. The maximum absolute atomic E-state index is 5.85. The number of aromatic nitrogens is 1. The highest BCUT2D eigenvalue weighted by atomic mass is 35.5. The fraction of sp³-hybridized carbons (Fsp3) is 0.0800. The molecular formula is C25H23ClN2OS2. The number of rotatable bonds is 8. The molecule has 0 radical (unpaired) electrons. The summed E-state index contributed by atoms with van der Waals surface area (Å²) in [7, 11) is 2.12. The molecule has 0 aliphatic heterocycles. The van der Waals surface area contributed by atoms with Gasteiger partial charge in [0.1, 0.15) is 19.4 Å². The van der Waals surface area contributed by atoms with E-state index in [1.54, 1.807) is 29.2 Å². The molecule has 0 atom stereocenters. The third kappa shape index (κ3) is 5.50. The molecule has 6 heteroatoms. The number of hydrogen-bond acceptors (Lipinski definition) is 4. The Morgan fingerprint density at radius 2 is 1.61 bits per heavy atom. The van der Waals surface area contributed by atoms with Crippen LogP contribution in [0.3, 0.4) is 0 Å². The van der Waals surface area contributed by atoms with E-state index in [0.717, 1.165) is 22.1 Å². The fourth-order valence-corrected chi connectivity index (χ4v) is 5.44.